The second-order valence-electron chi connectivity index (χ2n) is 3.88. The molecule has 2 aromatic rings. The molecule has 0 saturated carbocycles. The van der Waals surface area contributed by atoms with Crippen LogP contribution in [-0.2, 0) is 4.79 Å². The van der Waals surface area contributed by atoms with Crippen LogP contribution in [0.3, 0.4) is 0 Å². The van der Waals surface area contributed by atoms with Crippen LogP contribution in [0.5, 0.6) is 0 Å². The van der Waals surface area contributed by atoms with Gasteiger partial charge in [0.1, 0.15) is 11.7 Å². The summed E-state index contributed by atoms with van der Waals surface area (Å²) in [7, 11) is 0. The molecule has 0 saturated heterocycles. The molecule has 1 aromatic heterocycles. The molecule has 6 nitrogen and oxygen atoms in total. The first-order valence-electron chi connectivity index (χ1n) is 5.84. The monoisotopic (exact) mass is 308 g/mol. The van der Waals surface area contributed by atoms with Gasteiger partial charge < -0.3 is 0 Å². The number of hydrazine groups is 1. The molecule has 0 atom stereocenters. The molecule has 8 heteroatoms. The van der Waals surface area contributed by atoms with Crippen molar-refractivity contribution < 1.29 is 14.0 Å². The van der Waals surface area contributed by atoms with E-state index in [1.807, 2.05) is 5.43 Å². The van der Waals surface area contributed by atoms with Gasteiger partial charge in [0, 0.05) is 12.4 Å². The Kier molecular flexibility index (Phi) is 4.78. The quantitative estimate of drug-likeness (QED) is 0.661. The lowest BCUT2D eigenvalue weighted by Gasteiger charge is -2.08. The van der Waals surface area contributed by atoms with Gasteiger partial charge in [0.05, 0.1) is 11.1 Å². The van der Waals surface area contributed by atoms with Gasteiger partial charge in [0.15, 0.2) is 5.82 Å². The maximum absolute atomic E-state index is 14.3. The Morgan fingerprint density at radius 3 is 2.52 bits per heavy atom. The maximum Gasteiger partial charge on any atom is 0.272 e. The van der Waals surface area contributed by atoms with Crippen molar-refractivity contribution in [2.45, 2.75) is 0 Å². The van der Waals surface area contributed by atoms with Crippen LogP contribution in [0.4, 0.5) is 4.39 Å². The third-order valence-electron chi connectivity index (χ3n) is 2.49. The molecule has 0 spiro atoms. The minimum Gasteiger partial charge on any atom is -0.272 e. The molecule has 108 valence electrons. The van der Waals surface area contributed by atoms with E-state index >= 15 is 0 Å². The van der Waals surface area contributed by atoms with Crippen molar-refractivity contribution >= 4 is 23.4 Å². The molecular weight excluding hydrogens is 299 g/mol. The molecule has 0 unspecified atom stereocenters. The lowest BCUT2D eigenvalue weighted by atomic mass is 10.1. The van der Waals surface area contributed by atoms with E-state index in [2.05, 4.69) is 15.4 Å². The van der Waals surface area contributed by atoms with Gasteiger partial charge in [-0.05, 0) is 18.2 Å². The highest BCUT2D eigenvalue weighted by Gasteiger charge is 2.17. The number of nitrogens with one attached hydrogen (secondary N) is 2. The number of halogens is 2. The van der Waals surface area contributed by atoms with E-state index in [4.69, 9.17) is 11.6 Å². The minimum absolute atomic E-state index is 0.0897. The van der Waals surface area contributed by atoms with E-state index in [1.54, 1.807) is 6.07 Å². The number of amides is 2. The number of nitrogens with zero attached hydrogens (tertiary/aromatic N) is 2. The van der Waals surface area contributed by atoms with E-state index in [1.165, 1.54) is 30.6 Å². The van der Waals surface area contributed by atoms with E-state index in [0.29, 0.717) is 0 Å². The third kappa shape index (κ3) is 3.51. The first kappa shape index (κ1) is 14.9. The minimum atomic E-state index is -0.802. The number of carbonyl (C=O) groups excluding carboxylic acids is 2. The molecule has 0 fully saturated rings. The average molecular weight is 309 g/mol. The maximum atomic E-state index is 14.3. The van der Waals surface area contributed by atoms with Gasteiger partial charge in [-0.2, -0.15) is 0 Å². The highest BCUT2D eigenvalue weighted by atomic mass is 35.5. The molecule has 0 radical (unpaired) electrons. The van der Waals surface area contributed by atoms with Crippen LogP contribution in [0, 0.1) is 5.82 Å². The van der Waals surface area contributed by atoms with Crippen molar-refractivity contribution in [2.75, 3.05) is 5.88 Å². The number of alkyl halides is 1. The van der Waals surface area contributed by atoms with Crippen LogP contribution in [0.2, 0.25) is 0 Å². The number of aromatic nitrogens is 2. The van der Waals surface area contributed by atoms with Gasteiger partial charge in [-0.25, -0.2) is 14.4 Å². The van der Waals surface area contributed by atoms with Gasteiger partial charge in [-0.1, -0.05) is 6.07 Å². The van der Waals surface area contributed by atoms with Gasteiger partial charge in [0.2, 0.25) is 0 Å². The summed E-state index contributed by atoms with van der Waals surface area (Å²) in [6.45, 7) is 0. The fourth-order valence-electron chi connectivity index (χ4n) is 1.55. The zero-order valence-electron chi connectivity index (χ0n) is 10.6. The largest absolute Gasteiger partial charge is 0.272 e. The summed E-state index contributed by atoms with van der Waals surface area (Å²) < 4.78 is 14.3. The average Bonchev–Trinajstić information content (AvgIpc) is 2.53. The van der Waals surface area contributed by atoms with Gasteiger partial charge >= 0.3 is 0 Å². The third-order valence-corrected chi connectivity index (χ3v) is 2.73. The van der Waals surface area contributed by atoms with E-state index < -0.39 is 17.6 Å². The van der Waals surface area contributed by atoms with E-state index in [0.717, 1.165) is 0 Å². The standard InChI is InChI=1S/C13H10ClFN4O2/c14-7-10(20)18-19-13(21)9-4-1-3-8(11(9)15)12-16-5-2-6-17-12/h1-6H,7H2,(H,18,20)(H,19,21). The number of hydrogen-bond acceptors (Lipinski definition) is 4. The number of benzene rings is 1. The lowest BCUT2D eigenvalue weighted by molar-refractivity contribution is -0.119. The topological polar surface area (TPSA) is 84.0 Å². The summed E-state index contributed by atoms with van der Waals surface area (Å²) >= 11 is 5.26. The highest BCUT2D eigenvalue weighted by molar-refractivity contribution is 6.27. The molecule has 1 heterocycles. The van der Waals surface area contributed by atoms with Crippen LogP contribution >= 0.6 is 11.6 Å². The fraction of sp³-hybridized carbons (Fsp3) is 0.0769. The van der Waals surface area contributed by atoms with E-state index in [9.17, 15) is 14.0 Å². The number of hydrogen-bond donors (Lipinski definition) is 2. The van der Waals surface area contributed by atoms with Gasteiger partial charge in [0.25, 0.3) is 11.8 Å². The summed E-state index contributed by atoms with van der Waals surface area (Å²) in [4.78, 5) is 30.6. The summed E-state index contributed by atoms with van der Waals surface area (Å²) in [6, 6.07) is 5.83. The number of rotatable bonds is 3. The van der Waals surface area contributed by atoms with Gasteiger partial charge in [-0.3, -0.25) is 20.4 Å². The second-order valence-corrected chi connectivity index (χ2v) is 4.14. The first-order valence-corrected chi connectivity index (χ1v) is 6.38. The molecule has 21 heavy (non-hydrogen) atoms. The molecule has 1 aromatic carbocycles. The lowest BCUT2D eigenvalue weighted by Crippen LogP contribution is -2.42. The van der Waals surface area contributed by atoms with E-state index in [-0.39, 0.29) is 22.8 Å². The zero-order valence-corrected chi connectivity index (χ0v) is 11.4. The first-order chi connectivity index (χ1) is 10.1. The summed E-state index contributed by atoms with van der Waals surface area (Å²) in [5.74, 6) is -2.34. The van der Waals surface area contributed by atoms with Crippen LogP contribution < -0.4 is 10.9 Å². The molecular formula is C13H10ClFN4O2. The Morgan fingerprint density at radius 2 is 1.86 bits per heavy atom. The Labute approximate surface area is 124 Å². The molecule has 0 bridgehead atoms. The predicted molar refractivity (Wildman–Crippen MR) is 73.8 cm³/mol. The molecule has 0 aliphatic rings. The van der Waals surface area contributed by atoms with Crippen molar-refractivity contribution in [1.29, 1.82) is 0 Å². The molecule has 2 rings (SSSR count). The normalized spacial score (nSPS) is 10.0. The van der Waals surface area contributed by atoms with Crippen molar-refractivity contribution in [3.05, 3.63) is 48.0 Å². The Balaban J connectivity index is 2.26. The number of carbonyl (C=O) groups is 2. The Morgan fingerprint density at radius 1 is 1.14 bits per heavy atom. The second kappa shape index (κ2) is 6.76. The predicted octanol–water partition coefficient (Wildman–Crippen LogP) is 1.28. The Hall–Kier alpha value is -2.54. The highest BCUT2D eigenvalue weighted by Crippen LogP contribution is 2.21. The van der Waals surface area contributed by atoms with Gasteiger partial charge in [-0.15, -0.1) is 11.6 Å². The van der Waals surface area contributed by atoms with Crippen molar-refractivity contribution in [3.63, 3.8) is 0 Å². The molecule has 2 N–H and O–H groups in total. The SMILES string of the molecule is O=C(CCl)NNC(=O)c1cccc(-c2ncccn2)c1F. The van der Waals surface area contributed by atoms with Crippen LogP contribution in [0.15, 0.2) is 36.7 Å². The zero-order chi connectivity index (χ0) is 15.2. The van der Waals surface area contributed by atoms with Crippen LogP contribution in [-0.4, -0.2) is 27.7 Å². The van der Waals surface area contributed by atoms with Crippen molar-refractivity contribution in [2.24, 2.45) is 0 Å². The van der Waals surface area contributed by atoms with Crippen molar-refractivity contribution in [1.82, 2.24) is 20.8 Å². The molecule has 0 aliphatic heterocycles. The fourth-order valence-corrected chi connectivity index (χ4v) is 1.61. The summed E-state index contributed by atoms with van der Waals surface area (Å²) in [6.07, 6.45) is 2.93. The molecule has 0 aliphatic carbocycles. The van der Waals surface area contributed by atoms with Crippen LogP contribution in [0.25, 0.3) is 11.4 Å². The van der Waals surface area contributed by atoms with Crippen LogP contribution in [0.1, 0.15) is 10.4 Å². The summed E-state index contributed by atoms with van der Waals surface area (Å²) in [5.41, 5.74) is 3.96. The summed E-state index contributed by atoms with van der Waals surface area (Å²) in [5, 5.41) is 0. The molecule has 2 amide bonds. The smallest absolute Gasteiger partial charge is 0.272 e. The Bertz CT molecular complexity index is 666. The van der Waals surface area contributed by atoms with Crippen molar-refractivity contribution in [3.8, 4) is 11.4 Å².